The Morgan fingerprint density at radius 2 is 1.12 bits per heavy atom. The second-order valence-corrected chi connectivity index (χ2v) is 7.55. The maximum absolute atomic E-state index is 12.7. The van der Waals surface area contributed by atoms with Crippen molar-refractivity contribution in [3.05, 3.63) is 102 Å². The molecule has 3 rings (SSSR count). The predicted molar refractivity (Wildman–Crippen MR) is 99.6 cm³/mol. The third-order valence-electron chi connectivity index (χ3n) is 3.72. The lowest BCUT2D eigenvalue weighted by Gasteiger charge is -2.14. The molecule has 0 spiro atoms. The summed E-state index contributed by atoms with van der Waals surface area (Å²) in [4.78, 5) is 0. The highest BCUT2D eigenvalue weighted by atomic mass is 31.1. The van der Waals surface area contributed by atoms with E-state index in [-0.39, 0.29) is 0 Å². The average molecular weight is 356 g/mol. The first-order valence-corrected chi connectivity index (χ1v) is 9.20. The first kappa shape index (κ1) is 17.4. The number of alkyl halides is 3. The van der Waals surface area contributed by atoms with Gasteiger partial charge in [0.05, 0.1) is 5.56 Å². The van der Waals surface area contributed by atoms with Crippen LogP contribution in [0.15, 0.2) is 90.7 Å². The maximum Gasteiger partial charge on any atom is 0.416 e. The molecule has 0 nitrogen and oxygen atoms in total. The molecule has 0 amide bonds. The second-order valence-electron chi connectivity index (χ2n) is 5.48. The number of hydrogen-bond acceptors (Lipinski definition) is 0. The molecule has 0 saturated heterocycles. The monoisotopic (exact) mass is 356 g/mol. The Kier molecular flexibility index (Phi) is 5.35. The molecular weight excluding hydrogens is 340 g/mol. The smallest absolute Gasteiger partial charge is 0.166 e. The molecule has 25 heavy (non-hydrogen) atoms. The van der Waals surface area contributed by atoms with Crippen molar-refractivity contribution < 1.29 is 13.2 Å². The minimum absolute atomic E-state index is 0.627. The van der Waals surface area contributed by atoms with Gasteiger partial charge in [-0.25, -0.2) is 0 Å². The van der Waals surface area contributed by atoms with Crippen molar-refractivity contribution in [2.75, 3.05) is 0 Å². The number of rotatable bonds is 4. The van der Waals surface area contributed by atoms with Gasteiger partial charge in [0.25, 0.3) is 0 Å². The molecule has 0 fully saturated rings. The normalized spacial score (nSPS) is 12.0. The van der Waals surface area contributed by atoms with Crippen molar-refractivity contribution in [2.45, 2.75) is 6.18 Å². The molecule has 0 heterocycles. The van der Waals surface area contributed by atoms with Crippen LogP contribution in [0.1, 0.15) is 11.1 Å². The Balaban J connectivity index is 1.89. The van der Waals surface area contributed by atoms with Crippen LogP contribution in [0, 0.1) is 0 Å². The molecule has 3 aromatic rings. The maximum atomic E-state index is 12.7. The van der Waals surface area contributed by atoms with Crippen molar-refractivity contribution in [3.63, 3.8) is 0 Å². The summed E-state index contributed by atoms with van der Waals surface area (Å²) < 4.78 is 38.0. The fraction of sp³-hybridized carbons (Fsp3) is 0.0476. The van der Waals surface area contributed by atoms with Gasteiger partial charge in [-0.15, -0.1) is 0 Å². The molecule has 0 N–H and O–H groups in total. The largest absolute Gasteiger partial charge is 0.416 e. The molecule has 0 unspecified atom stereocenters. The lowest BCUT2D eigenvalue weighted by Crippen LogP contribution is -2.09. The summed E-state index contributed by atoms with van der Waals surface area (Å²) in [5.41, 5.74) is 0.130. The van der Waals surface area contributed by atoms with Crippen LogP contribution in [-0.2, 0) is 6.18 Å². The highest BCUT2D eigenvalue weighted by molar-refractivity contribution is 7.75. The van der Waals surface area contributed by atoms with Gasteiger partial charge in [0, 0.05) is 0 Å². The van der Waals surface area contributed by atoms with Crippen LogP contribution in [0.3, 0.4) is 0 Å². The summed E-state index contributed by atoms with van der Waals surface area (Å²) in [7, 11) is -0.708. The molecule has 0 saturated carbocycles. The van der Waals surface area contributed by atoms with Gasteiger partial charge in [-0.3, -0.25) is 0 Å². The molecule has 0 bridgehead atoms. The molecule has 0 radical (unpaired) electrons. The third kappa shape index (κ3) is 4.58. The molecule has 0 atom stereocenters. The lowest BCUT2D eigenvalue weighted by atomic mass is 10.1. The number of benzene rings is 3. The Hall–Kier alpha value is -2.38. The highest BCUT2D eigenvalue weighted by Gasteiger charge is 2.29. The Morgan fingerprint density at radius 1 is 0.640 bits per heavy atom. The van der Waals surface area contributed by atoms with Crippen LogP contribution in [-0.4, -0.2) is 0 Å². The first-order chi connectivity index (χ1) is 12.0. The molecule has 4 heteroatoms. The van der Waals surface area contributed by atoms with Crippen LogP contribution in [0.2, 0.25) is 0 Å². The van der Waals surface area contributed by atoms with Crippen molar-refractivity contribution in [1.29, 1.82) is 0 Å². The average Bonchev–Trinajstić information content (AvgIpc) is 2.63. The van der Waals surface area contributed by atoms with Gasteiger partial charge >= 0.3 is 6.18 Å². The SMILES string of the molecule is FC(F)(F)c1ccc(/C=C\P(c2ccccc2)c2ccccc2)cc1. The van der Waals surface area contributed by atoms with Gasteiger partial charge < -0.3 is 0 Å². The van der Waals surface area contributed by atoms with E-state index in [1.807, 2.05) is 42.5 Å². The summed E-state index contributed by atoms with van der Waals surface area (Å²) in [6.07, 6.45) is -2.41. The zero-order chi connectivity index (χ0) is 17.7. The van der Waals surface area contributed by atoms with Crippen molar-refractivity contribution >= 4 is 24.6 Å². The zero-order valence-electron chi connectivity index (χ0n) is 13.3. The van der Waals surface area contributed by atoms with Gasteiger partial charge in [-0.1, -0.05) is 84.7 Å². The van der Waals surface area contributed by atoms with E-state index in [9.17, 15) is 13.2 Å². The summed E-state index contributed by atoms with van der Waals surface area (Å²) in [5, 5.41) is 2.40. The summed E-state index contributed by atoms with van der Waals surface area (Å²) in [6.45, 7) is 0. The molecular formula is C21H16F3P. The van der Waals surface area contributed by atoms with Crippen molar-refractivity contribution in [2.24, 2.45) is 0 Å². The first-order valence-electron chi connectivity index (χ1n) is 7.79. The van der Waals surface area contributed by atoms with E-state index in [1.54, 1.807) is 0 Å². The molecule has 0 aliphatic heterocycles. The van der Waals surface area contributed by atoms with Crippen LogP contribution in [0.25, 0.3) is 6.08 Å². The van der Waals surface area contributed by atoms with Gasteiger partial charge in [-0.2, -0.15) is 13.2 Å². The van der Waals surface area contributed by atoms with Gasteiger partial charge in [0.1, 0.15) is 0 Å². The Morgan fingerprint density at radius 3 is 1.56 bits per heavy atom. The Labute approximate surface area is 146 Å². The minimum Gasteiger partial charge on any atom is -0.166 e. The zero-order valence-corrected chi connectivity index (χ0v) is 14.2. The second kappa shape index (κ2) is 7.67. The molecule has 0 aliphatic rings. The van der Waals surface area contributed by atoms with E-state index in [2.05, 4.69) is 30.1 Å². The summed E-state index contributed by atoms with van der Waals surface area (Å²) in [6, 6.07) is 25.5. The highest BCUT2D eigenvalue weighted by Crippen LogP contribution is 2.36. The van der Waals surface area contributed by atoms with E-state index in [1.165, 1.54) is 22.7 Å². The molecule has 0 aliphatic carbocycles. The fourth-order valence-corrected chi connectivity index (χ4v) is 4.39. The molecule has 126 valence electrons. The topological polar surface area (TPSA) is 0 Å². The summed E-state index contributed by atoms with van der Waals surface area (Å²) >= 11 is 0. The number of halogens is 3. The lowest BCUT2D eigenvalue weighted by molar-refractivity contribution is -0.137. The number of hydrogen-bond donors (Lipinski definition) is 0. The van der Waals surface area contributed by atoms with Gasteiger partial charge in [-0.05, 0) is 36.2 Å². The van der Waals surface area contributed by atoms with Crippen LogP contribution < -0.4 is 10.6 Å². The van der Waals surface area contributed by atoms with E-state index >= 15 is 0 Å². The van der Waals surface area contributed by atoms with Gasteiger partial charge in [0.15, 0.2) is 0 Å². The van der Waals surface area contributed by atoms with E-state index in [0.29, 0.717) is 0 Å². The van der Waals surface area contributed by atoms with Crippen LogP contribution in [0.5, 0.6) is 0 Å². The van der Waals surface area contributed by atoms with Gasteiger partial charge in [0.2, 0.25) is 0 Å². The van der Waals surface area contributed by atoms with E-state index < -0.39 is 19.7 Å². The molecule has 3 aromatic carbocycles. The van der Waals surface area contributed by atoms with Crippen LogP contribution >= 0.6 is 7.92 Å². The van der Waals surface area contributed by atoms with Crippen LogP contribution in [0.4, 0.5) is 13.2 Å². The minimum atomic E-state index is -4.30. The Bertz CT molecular complexity index is 783. The molecule has 0 aromatic heterocycles. The predicted octanol–water partition coefficient (Wildman–Crippen LogP) is 5.81. The quantitative estimate of drug-likeness (QED) is 0.518. The standard InChI is InChI=1S/C21H16F3P/c22-21(23,24)18-13-11-17(12-14-18)15-16-25(19-7-3-1-4-8-19)20-9-5-2-6-10-20/h1-16H/b16-15-. The summed E-state index contributed by atoms with van der Waals surface area (Å²) in [5.74, 6) is 2.09. The van der Waals surface area contributed by atoms with E-state index in [0.717, 1.165) is 17.7 Å². The van der Waals surface area contributed by atoms with E-state index in [4.69, 9.17) is 0 Å². The fourth-order valence-electron chi connectivity index (χ4n) is 2.44. The van der Waals surface area contributed by atoms with Crippen molar-refractivity contribution in [3.8, 4) is 0 Å². The third-order valence-corrected chi connectivity index (χ3v) is 5.88. The van der Waals surface area contributed by atoms with Crippen molar-refractivity contribution in [1.82, 2.24) is 0 Å².